The van der Waals surface area contributed by atoms with Gasteiger partial charge in [-0.25, -0.2) is 59.5 Å². The molecule has 11 heterocycles. The van der Waals surface area contributed by atoms with Crippen molar-refractivity contribution >= 4 is 118 Å². The molecule has 3 saturated heterocycles. The van der Waals surface area contributed by atoms with Crippen LogP contribution in [0.25, 0.3) is 65.4 Å². The first kappa shape index (κ1) is 113. The van der Waals surface area contributed by atoms with Crippen molar-refractivity contribution < 1.29 is 90.1 Å². The highest BCUT2D eigenvalue weighted by Gasteiger charge is 2.37. The summed E-state index contributed by atoms with van der Waals surface area (Å²) in [5.74, 6) is -10.7. The Balaban J connectivity index is 0.000000159. The molecule has 0 bridgehead atoms. The zero-order chi connectivity index (χ0) is 110. The van der Waals surface area contributed by atoms with E-state index >= 15 is 8.78 Å². The molecule has 794 valence electrons. The maximum atomic E-state index is 15.7. The lowest BCUT2D eigenvalue weighted by molar-refractivity contribution is 0.0683. The van der Waals surface area contributed by atoms with Gasteiger partial charge in [0, 0.05) is 191 Å². The molecule has 148 heavy (non-hydrogen) atoms. The number of rotatable bonds is 19. The van der Waals surface area contributed by atoms with Crippen molar-refractivity contribution in [2.45, 2.75) is 250 Å². The third kappa shape index (κ3) is 22.1. The molecule has 5 unspecified atom stereocenters. The van der Waals surface area contributed by atoms with Crippen molar-refractivity contribution in [2.24, 2.45) is 14.1 Å². The molecule has 3 fully saturated rings. The Bertz CT molecular complexity index is 7410. The number of pyridine rings is 6. The number of fused-ring (bicyclic) bond motifs is 4. The second-order valence-corrected chi connectivity index (χ2v) is 41.2. The summed E-state index contributed by atoms with van der Waals surface area (Å²) < 4.78 is 110. The lowest BCUT2D eigenvalue weighted by Gasteiger charge is -2.44. The molecule has 17 rings (SSSR count). The summed E-state index contributed by atoms with van der Waals surface area (Å²) in [6.45, 7) is 47.4. The summed E-state index contributed by atoms with van der Waals surface area (Å²) in [5, 5.41) is 56.2. The van der Waals surface area contributed by atoms with Crippen LogP contribution in [0.4, 0.5) is 47.8 Å². The molecule has 5 aliphatic rings. The molecule has 0 radical (unpaired) electrons. The van der Waals surface area contributed by atoms with Crippen LogP contribution in [0.5, 0.6) is 0 Å². The van der Waals surface area contributed by atoms with E-state index in [1.165, 1.54) is 68.8 Å². The maximum Gasteiger partial charge on any atom is 0.341 e. The SMILES string of the molecule is CC(C)N1CCN(c2c(F)cc3c(=O)c(C(=O)O)cn(C)c3c2F)CC1C.CC(C)c1c(F)cc2c(=O)c(C(=O)O)cn3c2c1CCC3C.CC(C)c1cc2c(cc1F)c(=O)c(C(=O)O)cn2C.Cc1cc2c(=O)c(C(=O)O)cn(CCF)c2c(C)c1N1CCN(C(C)C)C(C)C1.Cc1cc2c(=O)c(C(=O)O)cn(CCF)c2c(F)c1N1CCN(C(C)C)C(C)C1.Cc1cc2c(=O)c(C(=O)O)cn3c2c(c1C(C)C)CCC3C. The van der Waals surface area contributed by atoms with Gasteiger partial charge in [0.1, 0.15) is 69.9 Å². The van der Waals surface area contributed by atoms with E-state index in [1.54, 1.807) is 35.6 Å². The number of hydrogen-bond acceptors (Lipinski definition) is 18. The first-order valence-corrected chi connectivity index (χ1v) is 50.0. The van der Waals surface area contributed by atoms with E-state index in [4.69, 9.17) is 10.2 Å². The third-order valence-electron chi connectivity index (χ3n) is 29.3. The predicted molar refractivity (Wildman–Crippen MR) is 563 cm³/mol. The van der Waals surface area contributed by atoms with Crippen LogP contribution >= 0.6 is 0 Å². The van der Waals surface area contributed by atoms with Crippen LogP contribution in [-0.4, -0.2) is 217 Å². The number of carboxylic acid groups (broad SMARTS) is 6. The number of anilines is 3. The van der Waals surface area contributed by atoms with Crippen LogP contribution in [-0.2, 0) is 40.0 Å². The highest BCUT2D eigenvalue weighted by atomic mass is 19.2. The Kier molecular flexibility index (Phi) is 34.7. The van der Waals surface area contributed by atoms with Crippen molar-refractivity contribution in [2.75, 3.05) is 87.0 Å². The van der Waals surface area contributed by atoms with Crippen LogP contribution in [0.2, 0.25) is 0 Å². The van der Waals surface area contributed by atoms with Gasteiger partial charge in [0.2, 0.25) is 32.6 Å². The first-order chi connectivity index (χ1) is 69.4. The van der Waals surface area contributed by atoms with Crippen molar-refractivity contribution in [3.8, 4) is 0 Å². The van der Waals surface area contributed by atoms with E-state index in [9.17, 15) is 99.9 Å². The van der Waals surface area contributed by atoms with Gasteiger partial charge in [-0.1, -0.05) is 41.5 Å². The fourth-order valence-corrected chi connectivity index (χ4v) is 22.5. The summed E-state index contributed by atoms with van der Waals surface area (Å²) >= 11 is 0. The Labute approximate surface area is 851 Å². The van der Waals surface area contributed by atoms with Gasteiger partial charge in [0.05, 0.1) is 57.3 Å². The molecule has 6 N–H and O–H groups in total. The predicted octanol–water partition coefficient (Wildman–Crippen LogP) is 18.3. The normalized spacial score (nSPS) is 17.0. The Morgan fingerprint density at radius 2 is 0.669 bits per heavy atom. The zero-order valence-electron chi connectivity index (χ0n) is 88.0. The monoisotopic (exact) mass is 2050 g/mol. The lowest BCUT2D eigenvalue weighted by Crippen LogP contribution is -2.54. The number of benzene rings is 6. The number of alkyl halides is 2. The van der Waals surface area contributed by atoms with E-state index in [0.717, 1.165) is 103 Å². The number of carbonyl (C=O) groups is 6. The molecule has 5 aliphatic heterocycles. The molecule has 0 saturated carbocycles. The maximum absolute atomic E-state index is 15.7. The lowest BCUT2D eigenvalue weighted by atomic mass is 9.85. The van der Waals surface area contributed by atoms with Crippen LogP contribution in [0.3, 0.4) is 0 Å². The van der Waals surface area contributed by atoms with Gasteiger partial charge in [-0.3, -0.25) is 43.5 Å². The molecular weight excluding hydrogens is 1920 g/mol. The number of nitrogens with zero attached hydrogens (tertiary/aromatic N) is 12. The molecule has 6 aromatic heterocycles. The van der Waals surface area contributed by atoms with Crippen LogP contribution in [0.15, 0.2) is 108 Å². The summed E-state index contributed by atoms with van der Waals surface area (Å²) in [7, 11) is 3.08. The molecule has 30 nitrogen and oxygen atoms in total. The molecule has 12 aromatic rings. The molecule has 0 aliphatic carbocycles. The van der Waals surface area contributed by atoms with Crippen molar-refractivity contribution in [1.29, 1.82) is 0 Å². The van der Waals surface area contributed by atoms with Gasteiger partial charge < -0.3 is 72.7 Å². The van der Waals surface area contributed by atoms with Crippen molar-refractivity contribution in [1.82, 2.24) is 42.1 Å². The number of hydrogen-bond donors (Lipinski definition) is 6. The fraction of sp³-hybridized carbons (Fsp3) is 0.459. The van der Waals surface area contributed by atoms with Gasteiger partial charge in [-0.2, -0.15) is 0 Å². The van der Waals surface area contributed by atoms with Gasteiger partial charge in [-0.05, 0) is 240 Å². The first-order valence-electron chi connectivity index (χ1n) is 50.0. The molecule has 37 heteroatoms. The topological polar surface area (TPSA) is 375 Å². The van der Waals surface area contributed by atoms with Gasteiger partial charge in [-0.15, -0.1) is 0 Å². The second kappa shape index (κ2) is 45.5. The van der Waals surface area contributed by atoms with E-state index in [-0.39, 0.29) is 115 Å². The average molecular weight is 2060 g/mol. The zero-order valence-corrected chi connectivity index (χ0v) is 88.0. The minimum Gasteiger partial charge on any atom is -0.477 e. The molecule has 0 spiro atoms. The highest BCUT2D eigenvalue weighted by Crippen LogP contribution is 2.42. The standard InChI is InChI=1S/C22H30FN3O3.C21H27F2N3O3.C19H23F2N3O3.C18H21NO3.C17H18FNO3.C14H14FNO3/c1-13(2)26-9-8-25(11-15(26)4)19-14(3)10-17-20(16(19)5)24(7-6-23)12-18(21(17)27)22(28)29;1-12(2)26-8-7-25(10-14(26)4)18-13(3)9-15-19(17(18)23)24(6-5-22)11-16(20(15)27)21(28)29;1-10(2)24-6-5-23(8-11(24)3)17-14(20)7-12-16(15(17)21)22(4)9-13(18(12)25)19(26)27;1-9(2)15-10(3)7-13-16-12(15)6-5-11(4)19(16)8-14(17(13)20)18(21)22;1-8(2)14-10-5-4-9(3)19-7-12(17(21)22)16(20)11(15(10)19)6-13(14)18;1-7(2)8-5-12-9(4-11(8)15)13(17)10(14(18)19)6-16(12)3/h10,12-13,15H,6-9,11H2,1-5H3,(H,28,29);9,11-12,14H,5-8,10H2,1-4H3,(H,28,29);7,9-11H,5-6,8H2,1-4H3,(H,26,27);7-9,11H,5-6H2,1-4H3,(H,21,22);6-9H,4-5H2,1-3H3,(H,21,22);4-7H,1-3H3,(H,18,19). The molecule has 5 atom stereocenters. The minimum atomic E-state index is -1.43. The van der Waals surface area contributed by atoms with Crippen molar-refractivity contribution in [3.63, 3.8) is 0 Å². The van der Waals surface area contributed by atoms with Crippen LogP contribution < -0.4 is 47.3 Å². The third-order valence-corrected chi connectivity index (χ3v) is 29.3. The number of aryl methyl sites for hydroxylation is 10. The van der Waals surface area contributed by atoms with Gasteiger partial charge in [0.25, 0.3) is 0 Å². The largest absolute Gasteiger partial charge is 0.477 e. The van der Waals surface area contributed by atoms with Gasteiger partial charge >= 0.3 is 35.8 Å². The fourth-order valence-electron chi connectivity index (χ4n) is 22.5. The molecular formula is C111H133F7N12O18. The van der Waals surface area contributed by atoms with Crippen LogP contribution in [0, 0.1) is 56.8 Å². The number of piperazine rings is 3. The number of halogens is 7. The quantitative estimate of drug-likeness (QED) is 0.0409. The Morgan fingerprint density at radius 3 is 1.07 bits per heavy atom. The molecule has 6 aromatic carbocycles. The summed E-state index contributed by atoms with van der Waals surface area (Å²) in [6.07, 6.45) is 11.0. The van der Waals surface area contributed by atoms with E-state index in [0.29, 0.717) is 119 Å². The van der Waals surface area contributed by atoms with E-state index < -0.39 is 117 Å². The smallest absolute Gasteiger partial charge is 0.341 e. The van der Waals surface area contributed by atoms with E-state index in [1.807, 2.05) is 82.4 Å². The Hall–Kier alpha value is -13.8. The number of aromatic carboxylic acids is 6. The van der Waals surface area contributed by atoms with E-state index in [2.05, 4.69) is 95.8 Å². The highest BCUT2D eigenvalue weighted by molar-refractivity contribution is 6.00. The minimum absolute atomic E-state index is 0.00973. The van der Waals surface area contributed by atoms with Crippen LogP contribution in [0.1, 0.15) is 273 Å². The summed E-state index contributed by atoms with van der Waals surface area (Å²) in [4.78, 5) is 156. The second-order valence-electron chi connectivity index (χ2n) is 41.2. The number of carboxylic acids is 6. The summed E-state index contributed by atoms with van der Waals surface area (Å²) in [6, 6.07) is 12.3. The Morgan fingerprint density at radius 1 is 0.345 bits per heavy atom. The number of aromatic nitrogens is 6. The summed E-state index contributed by atoms with van der Waals surface area (Å²) in [5.41, 5.74) is 5.98. The van der Waals surface area contributed by atoms with Crippen molar-refractivity contribution in [3.05, 3.63) is 254 Å². The van der Waals surface area contributed by atoms with Gasteiger partial charge in [0.15, 0.2) is 11.6 Å². The average Bonchev–Trinajstić information content (AvgIpc) is 0.726. The molecule has 0 amide bonds.